The summed E-state index contributed by atoms with van der Waals surface area (Å²) >= 11 is 0. The fourth-order valence-electron chi connectivity index (χ4n) is 7.20. The zero-order valence-corrected chi connectivity index (χ0v) is 26.2. The van der Waals surface area contributed by atoms with Crippen molar-refractivity contribution in [2.45, 2.75) is 32.2 Å². The SMILES string of the molecule is C=C1c2ccc(-n3cc(-c4cc(-c5ccccc5)cc(-c5ccccc5)c4)nn3)cc2-c2cc3ccccc3c[n+]2C1(CC)CC. The third kappa shape index (κ3) is 4.49. The lowest BCUT2D eigenvalue weighted by molar-refractivity contribution is -0.740. The molecule has 46 heavy (non-hydrogen) atoms. The molecule has 0 aliphatic carbocycles. The first-order valence-corrected chi connectivity index (χ1v) is 16.1. The second kappa shape index (κ2) is 11.1. The van der Waals surface area contributed by atoms with E-state index in [1.54, 1.807) is 0 Å². The molecule has 5 aromatic carbocycles. The van der Waals surface area contributed by atoms with Crippen molar-refractivity contribution in [3.63, 3.8) is 0 Å². The Hall–Kier alpha value is -5.61. The van der Waals surface area contributed by atoms with E-state index in [1.807, 2.05) is 10.9 Å². The lowest BCUT2D eigenvalue weighted by atomic mass is 9.75. The van der Waals surface area contributed by atoms with Crippen molar-refractivity contribution in [1.29, 1.82) is 0 Å². The molecule has 0 saturated carbocycles. The maximum atomic E-state index is 4.69. The van der Waals surface area contributed by atoms with Gasteiger partial charge in [-0.15, -0.1) is 5.10 Å². The van der Waals surface area contributed by atoms with E-state index in [0.717, 1.165) is 46.5 Å². The monoisotopic (exact) mass is 595 g/mol. The van der Waals surface area contributed by atoms with Crippen LogP contribution in [0.25, 0.3) is 66.8 Å². The standard InChI is InChI=1S/C42H35N4/c1-4-42(5-2)29(3)38-21-20-37(26-39(38)41-25-32-18-12-13-19-33(32)27-45(41)42)46-28-40(43-44-46)36-23-34(30-14-8-6-9-15-30)22-35(24-36)31-16-10-7-11-17-31/h6-28H,3-5H2,1-2H3/q+1. The van der Waals surface area contributed by atoms with Crippen molar-refractivity contribution < 1.29 is 4.57 Å². The van der Waals surface area contributed by atoms with E-state index in [2.05, 4.69) is 169 Å². The van der Waals surface area contributed by atoms with E-state index in [1.165, 1.54) is 38.7 Å². The van der Waals surface area contributed by atoms with Crippen molar-refractivity contribution in [2.75, 3.05) is 0 Å². The lowest BCUT2D eigenvalue weighted by Gasteiger charge is -2.35. The maximum absolute atomic E-state index is 4.69. The number of hydrogen-bond donors (Lipinski definition) is 0. The number of rotatable bonds is 6. The Morgan fingerprint density at radius 1 is 0.630 bits per heavy atom. The molecule has 0 radical (unpaired) electrons. The largest absolute Gasteiger partial charge is 0.220 e. The van der Waals surface area contributed by atoms with Crippen molar-refractivity contribution >= 4 is 16.3 Å². The highest BCUT2D eigenvalue weighted by Crippen LogP contribution is 2.45. The van der Waals surface area contributed by atoms with Crippen LogP contribution in [0.5, 0.6) is 0 Å². The van der Waals surface area contributed by atoms with Crippen LogP contribution in [0.2, 0.25) is 0 Å². The summed E-state index contributed by atoms with van der Waals surface area (Å²) in [5.41, 5.74) is 12.0. The summed E-state index contributed by atoms with van der Waals surface area (Å²) in [6.45, 7) is 9.23. The topological polar surface area (TPSA) is 34.6 Å². The van der Waals surface area contributed by atoms with Gasteiger partial charge in [0.2, 0.25) is 5.69 Å². The summed E-state index contributed by atoms with van der Waals surface area (Å²) in [6, 6.07) is 45.2. The molecule has 0 amide bonds. The number of allylic oxidation sites excluding steroid dienone is 1. The molecule has 0 spiro atoms. The summed E-state index contributed by atoms with van der Waals surface area (Å²) in [5.74, 6) is 0. The molecule has 0 fully saturated rings. The molecule has 4 heteroatoms. The Bertz CT molecular complexity index is 2180. The van der Waals surface area contributed by atoms with Crippen LogP contribution in [-0.2, 0) is 5.54 Å². The summed E-state index contributed by atoms with van der Waals surface area (Å²) in [6.07, 6.45) is 6.29. The van der Waals surface area contributed by atoms with Gasteiger partial charge in [0.05, 0.1) is 17.4 Å². The van der Waals surface area contributed by atoms with E-state index in [-0.39, 0.29) is 5.54 Å². The normalized spacial score (nSPS) is 13.4. The van der Waals surface area contributed by atoms with Crippen LogP contribution in [0, 0.1) is 0 Å². The van der Waals surface area contributed by atoms with E-state index in [4.69, 9.17) is 0 Å². The first-order valence-electron chi connectivity index (χ1n) is 16.1. The van der Waals surface area contributed by atoms with Gasteiger partial charge < -0.3 is 0 Å². The van der Waals surface area contributed by atoms with Gasteiger partial charge in [-0.2, -0.15) is 4.57 Å². The molecule has 8 rings (SSSR count). The Morgan fingerprint density at radius 3 is 1.89 bits per heavy atom. The van der Waals surface area contributed by atoms with E-state index in [9.17, 15) is 0 Å². The van der Waals surface area contributed by atoms with E-state index < -0.39 is 0 Å². The highest BCUT2D eigenvalue weighted by atomic mass is 15.4. The molecular weight excluding hydrogens is 560 g/mol. The zero-order chi connectivity index (χ0) is 31.3. The fraction of sp³-hybridized carbons (Fsp3) is 0.119. The third-order valence-electron chi connectivity index (χ3n) is 9.81. The Balaban J connectivity index is 1.25. The second-order valence-corrected chi connectivity index (χ2v) is 12.2. The summed E-state index contributed by atoms with van der Waals surface area (Å²) < 4.78 is 4.36. The van der Waals surface area contributed by atoms with Crippen molar-refractivity contribution in [3.05, 3.63) is 152 Å². The number of nitrogens with zero attached hydrogens (tertiary/aromatic N) is 4. The molecule has 0 atom stereocenters. The number of aromatic nitrogens is 4. The minimum absolute atomic E-state index is 0.172. The molecule has 0 saturated heterocycles. The third-order valence-corrected chi connectivity index (χ3v) is 9.81. The predicted octanol–water partition coefficient (Wildman–Crippen LogP) is 9.92. The quantitative estimate of drug-likeness (QED) is 0.179. The summed E-state index contributed by atoms with van der Waals surface area (Å²) in [4.78, 5) is 0. The smallest absolute Gasteiger partial charge is 0.214 e. The first-order chi connectivity index (χ1) is 22.6. The van der Waals surface area contributed by atoms with Gasteiger partial charge in [0, 0.05) is 35.4 Å². The molecule has 0 bridgehead atoms. The molecule has 222 valence electrons. The minimum atomic E-state index is -0.172. The molecule has 4 nitrogen and oxygen atoms in total. The van der Waals surface area contributed by atoms with Gasteiger partial charge in [0.15, 0.2) is 11.7 Å². The van der Waals surface area contributed by atoms with Crippen LogP contribution in [0.3, 0.4) is 0 Å². The Kier molecular flexibility index (Phi) is 6.72. The summed E-state index contributed by atoms with van der Waals surface area (Å²) in [7, 11) is 0. The zero-order valence-electron chi connectivity index (χ0n) is 26.2. The first kappa shape index (κ1) is 27.9. The number of pyridine rings is 1. The van der Waals surface area contributed by atoms with Gasteiger partial charge in [0.25, 0.3) is 0 Å². The number of fused-ring (bicyclic) bond motifs is 4. The fourth-order valence-corrected chi connectivity index (χ4v) is 7.20. The van der Waals surface area contributed by atoms with Crippen molar-refractivity contribution in [3.8, 4) is 50.5 Å². The second-order valence-electron chi connectivity index (χ2n) is 12.2. The number of benzene rings is 5. The minimum Gasteiger partial charge on any atom is -0.220 e. The highest BCUT2D eigenvalue weighted by Gasteiger charge is 2.47. The molecule has 1 aliphatic heterocycles. The molecular formula is C42H35N4+. The van der Waals surface area contributed by atoms with Crippen molar-refractivity contribution in [1.82, 2.24) is 15.0 Å². The van der Waals surface area contributed by atoms with E-state index in [0.29, 0.717) is 0 Å². The molecule has 3 heterocycles. The van der Waals surface area contributed by atoms with Gasteiger partial charge in [0.1, 0.15) is 5.69 Å². The molecule has 2 aromatic heterocycles. The Labute approximate surface area is 269 Å². The van der Waals surface area contributed by atoms with Crippen LogP contribution < -0.4 is 4.57 Å². The van der Waals surface area contributed by atoms with Crippen LogP contribution in [0.4, 0.5) is 0 Å². The van der Waals surface area contributed by atoms with Crippen LogP contribution in [0.15, 0.2) is 146 Å². The molecule has 7 aromatic rings. The van der Waals surface area contributed by atoms with Gasteiger partial charge in [-0.3, -0.25) is 0 Å². The average Bonchev–Trinajstić information content (AvgIpc) is 3.63. The van der Waals surface area contributed by atoms with Gasteiger partial charge in [-0.1, -0.05) is 111 Å². The predicted molar refractivity (Wildman–Crippen MR) is 188 cm³/mol. The van der Waals surface area contributed by atoms with Crippen molar-refractivity contribution in [2.24, 2.45) is 0 Å². The van der Waals surface area contributed by atoms with Crippen LogP contribution in [0.1, 0.15) is 32.3 Å². The average molecular weight is 596 g/mol. The highest BCUT2D eigenvalue weighted by molar-refractivity contribution is 5.89. The van der Waals surface area contributed by atoms with E-state index >= 15 is 0 Å². The summed E-state index contributed by atoms with van der Waals surface area (Å²) in [5, 5.41) is 11.8. The Morgan fingerprint density at radius 2 is 1.24 bits per heavy atom. The van der Waals surface area contributed by atoms with Gasteiger partial charge >= 0.3 is 0 Å². The number of hydrogen-bond acceptors (Lipinski definition) is 2. The van der Waals surface area contributed by atoms with Crippen LogP contribution >= 0.6 is 0 Å². The maximum Gasteiger partial charge on any atom is 0.214 e. The van der Waals surface area contributed by atoms with Gasteiger partial charge in [-0.25, -0.2) is 4.68 Å². The van der Waals surface area contributed by atoms with Crippen LogP contribution in [-0.4, -0.2) is 15.0 Å². The van der Waals surface area contributed by atoms with Gasteiger partial charge in [-0.05, 0) is 69.6 Å². The molecule has 1 aliphatic rings. The molecule has 0 unspecified atom stereocenters. The lowest BCUT2D eigenvalue weighted by Crippen LogP contribution is -2.59. The molecule has 0 N–H and O–H groups in total.